The van der Waals surface area contributed by atoms with Crippen LogP contribution in [0.5, 0.6) is 0 Å². The molecular weight excluding hydrogens is 454 g/mol. The standard InChI is InChI=1S/C23H26N4.C7H8.C2H6.H3N/c1-3-7-19(24)9-4-10-20-15-22(2,23-14-18(23)8-5-13-26-23)17-27(20)21-11-6-12-25-16-21;1-7-5-3-2-4-6-7;1-2;/h3-13,15-16,18H,14,17,24H2,1-2H3;2-6H,1H3;1-2H3;1H3/b7-3-,10-4+,19-9+;;;. The first kappa shape index (κ1) is 29.5. The molecule has 1 saturated carbocycles. The molecule has 3 aliphatic rings. The molecule has 3 unspecified atom stereocenters. The lowest BCUT2D eigenvalue weighted by atomic mass is 9.79. The summed E-state index contributed by atoms with van der Waals surface area (Å²) in [6.45, 7) is 11.3. The van der Waals surface area contributed by atoms with Gasteiger partial charge in [-0.2, -0.15) is 0 Å². The predicted octanol–water partition coefficient (Wildman–Crippen LogP) is 7.35. The van der Waals surface area contributed by atoms with Crippen LogP contribution in [-0.4, -0.2) is 23.3 Å². The molecule has 0 spiro atoms. The molecule has 5 rings (SSSR count). The van der Waals surface area contributed by atoms with Crippen LogP contribution < -0.4 is 16.8 Å². The number of aromatic nitrogens is 1. The molecule has 1 fully saturated rings. The summed E-state index contributed by atoms with van der Waals surface area (Å²) in [7, 11) is 0. The number of nitrogens with two attached hydrogens (primary N) is 1. The zero-order valence-corrected chi connectivity index (χ0v) is 23.0. The second kappa shape index (κ2) is 13.6. The second-order valence-corrected chi connectivity index (χ2v) is 9.36. The first-order valence-electron chi connectivity index (χ1n) is 12.9. The normalized spacial score (nSPS) is 25.4. The van der Waals surface area contributed by atoms with Gasteiger partial charge in [0.2, 0.25) is 0 Å². The van der Waals surface area contributed by atoms with Gasteiger partial charge in [-0.05, 0) is 56.7 Å². The van der Waals surface area contributed by atoms with Crippen LogP contribution in [0.15, 0.2) is 120 Å². The van der Waals surface area contributed by atoms with Gasteiger partial charge in [-0.15, -0.1) is 0 Å². The largest absolute Gasteiger partial charge is 0.399 e. The summed E-state index contributed by atoms with van der Waals surface area (Å²) in [6.07, 6.45) is 23.5. The van der Waals surface area contributed by atoms with Crippen molar-refractivity contribution in [3.05, 3.63) is 120 Å². The van der Waals surface area contributed by atoms with Crippen LogP contribution in [0.1, 0.15) is 39.7 Å². The molecule has 0 radical (unpaired) electrons. The van der Waals surface area contributed by atoms with Gasteiger partial charge in [-0.1, -0.05) is 81.0 Å². The molecule has 1 aliphatic carbocycles. The molecule has 5 N–H and O–H groups in total. The summed E-state index contributed by atoms with van der Waals surface area (Å²) in [5.74, 6) is 0.549. The third kappa shape index (κ3) is 6.95. The van der Waals surface area contributed by atoms with E-state index in [1.807, 2.05) is 87.9 Å². The molecule has 1 aromatic carbocycles. The van der Waals surface area contributed by atoms with E-state index >= 15 is 0 Å². The fraction of sp³-hybridized carbons (Fsp3) is 0.312. The molecule has 0 amide bonds. The second-order valence-electron chi connectivity index (χ2n) is 9.36. The average molecular weight is 498 g/mol. The Bertz CT molecular complexity index is 1160. The molecule has 3 heterocycles. The summed E-state index contributed by atoms with van der Waals surface area (Å²) in [5, 5.41) is 0. The molecule has 2 aromatic rings. The fourth-order valence-electron chi connectivity index (χ4n) is 4.88. The number of anilines is 1. The Morgan fingerprint density at radius 2 is 1.89 bits per heavy atom. The Kier molecular flexibility index (Phi) is 10.8. The third-order valence-electron chi connectivity index (χ3n) is 6.79. The lowest BCUT2D eigenvalue weighted by molar-refractivity contribution is 0.329. The van der Waals surface area contributed by atoms with Gasteiger partial charge in [0.15, 0.2) is 0 Å². The molecule has 0 saturated heterocycles. The Morgan fingerprint density at radius 3 is 2.49 bits per heavy atom. The molecular formula is C32H43N5. The molecule has 0 bridgehead atoms. The maximum absolute atomic E-state index is 5.97. The summed E-state index contributed by atoms with van der Waals surface area (Å²) in [4.78, 5) is 11.6. The number of dihydropyridines is 1. The summed E-state index contributed by atoms with van der Waals surface area (Å²) < 4.78 is 0. The van der Waals surface area contributed by atoms with E-state index < -0.39 is 0 Å². The lowest BCUT2D eigenvalue weighted by Crippen LogP contribution is -2.39. The van der Waals surface area contributed by atoms with Crippen molar-refractivity contribution in [3.63, 3.8) is 0 Å². The number of aryl methyl sites for hydroxylation is 1. The molecule has 5 nitrogen and oxygen atoms in total. The maximum atomic E-state index is 5.97. The fourth-order valence-corrected chi connectivity index (χ4v) is 4.88. The number of pyridine rings is 1. The molecule has 1 aromatic heterocycles. The number of hydrogen-bond acceptors (Lipinski definition) is 5. The van der Waals surface area contributed by atoms with Gasteiger partial charge in [-0.25, -0.2) is 0 Å². The number of nitrogens with zero attached hydrogens (tertiary/aromatic N) is 3. The van der Waals surface area contributed by atoms with Gasteiger partial charge in [0, 0.05) is 41.7 Å². The van der Waals surface area contributed by atoms with E-state index in [0.717, 1.165) is 24.4 Å². The van der Waals surface area contributed by atoms with Gasteiger partial charge in [0.05, 0.1) is 17.4 Å². The minimum atomic E-state index is -0.0208. The van der Waals surface area contributed by atoms with Crippen LogP contribution in [-0.2, 0) is 0 Å². The van der Waals surface area contributed by atoms with Crippen molar-refractivity contribution in [2.75, 3.05) is 11.4 Å². The minimum Gasteiger partial charge on any atom is -0.399 e. The highest BCUT2D eigenvalue weighted by atomic mass is 15.2. The SMILES string of the molecule is CC.C\C=C/C(N)=C\C=C\C1=CC(C)(C23CC2C=CC=N3)CN1c1cccnc1.Cc1ccccc1.N. The predicted molar refractivity (Wildman–Crippen MR) is 160 cm³/mol. The smallest absolute Gasteiger partial charge is 0.0783 e. The highest BCUT2D eigenvalue weighted by molar-refractivity contribution is 5.75. The highest BCUT2D eigenvalue weighted by Crippen LogP contribution is 2.62. The summed E-state index contributed by atoms with van der Waals surface area (Å²) in [5.41, 5.74) is 10.3. The van der Waals surface area contributed by atoms with Crippen molar-refractivity contribution >= 4 is 11.9 Å². The van der Waals surface area contributed by atoms with Crippen molar-refractivity contribution in [1.29, 1.82) is 0 Å². The molecule has 2 aliphatic heterocycles. The van der Waals surface area contributed by atoms with Gasteiger partial charge in [0.1, 0.15) is 0 Å². The number of benzene rings is 1. The third-order valence-corrected chi connectivity index (χ3v) is 6.79. The Morgan fingerprint density at radius 1 is 1.14 bits per heavy atom. The van der Waals surface area contributed by atoms with Gasteiger partial charge in [-0.3, -0.25) is 9.98 Å². The number of aliphatic imine (C=N–C) groups is 1. The van der Waals surface area contributed by atoms with Crippen LogP contribution >= 0.6 is 0 Å². The minimum absolute atomic E-state index is 0. The van der Waals surface area contributed by atoms with E-state index in [-0.39, 0.29) is 17.1 Å². The van der Waals surface area contributed by atoms with Crippen LogP contribution in [0.4, 0.5) is 5.69 Å². The zero-order valence-electron chi connectivity index (χ0n) is 23.0. The number of fused-ring (bicyclic) bond motifs is 1. The van der Waals surface area contributed by atoms with Crippen LogP contribution in [0.2, 0.25) is 0 Å². The van der Waals surface area contributed by atoms with Gasteiger partial charge in [0.25, 0.3) is 0 Å². The molecule has 3 atom stereocenters. The topological polar surface area (TPSA) is 89.5 Å². The van der Waals surface area contributed by atoms with Crippen molar-refractivity contribution < 1.29 is 0 Å². The van der Waals surface area contributed by atoms with E-state index in [2.05, 4.69) is 66.2 Å². The van der Waals surface area contributed by atoms with Crippen LogP contribution in [0, 0.1) is 18.3 Å². The van der Waals surface area contributed by atoms with Crippen LogP contribution in [0.25, 0.3) is 0 Å². The highest BCUT2D eigenvalue weighted by Gasteiger charge is 2.65. The van der Waals surface area contributed by atoms with E-state index in [9.17, 15) is 0 Å². The first-order valence-corrected chi connectivity index (χ1v) is 12.9. The van der Waals surface area contributed by atoms with Gasteiger partial charge < -0.3 is 16.8 Å². The number of hydrogen-bond donors (Lipinski definition) is 2. The van der Waals surface area contributed by atoms with E-state index in [1.165, 1.54) is 11.3 Å². The van der Waals surface area contributed by atoms with Crippen molar-refractivity contribution in [3.8, 4) is 0 Å². The summed E-state index contributed by atoms with van der Waals surface area (Å²) in [6, 6.07) is 14.4. The Hall–Kier alpha value is -3.70. The zero-order chi connectivity index (χ0) is 26.0. The Labute approximate surface area is 223 Å². The van der Waals surface area contributed by atoms with Gasteiger partial charge >= 0.3 is 0 Å². The van der Waals surface area contributed by atoms with Crippen molar-refractivity contribution in [2.24, 2.45) is 22.1 Å². The molecule has 196 valence electrons. The summed E-state index contributed by atoms with van der Waals surface area (Å²) >= 11 is 0. The van der Waals surface area contributed by atoms with E-state index in [4.69, 9.17) is 10.7 Å². The van der Waals surface area contributed by atoms with E-state index in [1.54, 1.807) is 0 Å². The number of rotatable bonds is 5. The monoisotopic (exact) mass is 497 g/mol. The molecule has 5 heteroatoms. The Balaban J connectivity index is 0.000000413. The van der Waals surface area contributed by atoms with Crippen molar-refractivity contribution in [2.45, 2.75) is 46.6 Å². The van der Waals surface area contributed by atoms with E-state index in [0.29, 0.717) is 5.92 Å². The number of allylic oxidation sites excluding steroid dienone is 6. The maximum Gasteiger partial charge on any atom is 0.0783 e. The quantitative estimate of drug-likeness (QED) is 0.423. The first-order chi connectivity index (χ1) is 17.5. The average Bonchev–Trinajstić information content (AvgIpc) is 3.58. The van der Waals surface area contributed by atoms with Crippen molar-refractivity contribution in [1.82, 2.24) is 11.1 Å². The van der Waals surface area contributed by atoms with Crippen LogP contribution in [0.3, 0.4) is 0 Å². The lowest BCUT2D eigenvalue weighted by Gasteiger charge is -2.33. The molecule has 37 heavy (non-hydrogen) atoms.